The second kappa shape index (κ2) is 13.0. The zero-order chi connectivity index (χ0) is 26.1. The van der Waals surface area contributed by atoms with E-state index in [1.54, 1.807) is 33.4 Å². The molecule has 2 aromatic carbocycles. The third-order valence-electron chi connectivity index (χ3n) is 5.43. The van der Waals surface area contributed by atoms with Gasteiger partial charge in [0.15, 0.2) is 6.10 Å². The van der Waals surface area contributed by atoms with Crippen molar-refractivity contribution in [3.05, 3.63) is 53.7 Å². The van der Waals surface area contributed by atoms with Crippen molar-refractivity contribution in [1.29, 1.82) is 0 Å². The van der Waals surface area contributed by atoms with Gasteiger partial charge in [-0.2, -0.15) is 0 Å². The summed E-state index contributed by atoms with van der Waals surface area (Å²) >= 11 is 0. The molecule has 0 amide bonds. The van der Waals surface area contributed by atoms with Crippen LogP contribution in [-0.2, 0) is 27.3 Å². The van der Waals surface area contributed by atoms with Crippen molar-refractivity contribution in [2.24, 2.45) is 0 Å². The van der Waals surface area contributed by atoms with E-state index in [9.17, 15) is 4.79 Å². The number of hydrogen-bond acceptors (Lipinski definition) is 8. The molecule has 1 aromatic heterocycles. The minimum absolute atomic E-state index is 0.0514. The molecule has 0 saturated heterocycles. The Balaban J connectivity index is 1.94. The highest BCUT2D eigenvalue weighted by Crippen LogP contribution is 2.34. The van der Waals surface area contributed by atoms with Crippen molar-refractivity contribution < 1.29 is 33.2 Å². The molecule has 1 unspecified atom stereocenters. The Kier molecular flexibility index (Phi) is 9.76. The van der Waals surface area contributed by atoms with Gasteiger partial charge in [0, 0.05) is 30.7 Å². The van der Waals surface area contributed by atoms with Crippen LogP contribution < -0.4 is 18.9 Å². The second-order valence-electron chi connectivity index (χ2n) is 8.32. The first-order valence-electron chi connectivity index (χ1n) is 12.1. The van der Waals surface area contributed by atoms with E-state index < -0.39 is 12.1 Å². The van der Waals surface area contributed by atoms with E-state index in [4.69, 9.17) is 28.4 Å². The van der Waals surface area contributed by atoms with Crippen molar-refractivity contribution in [3.63, 3.8) is 0 Å². The average molecular weight is 498 g/mol. The summed E-state index contributed by atoms with van der Waals surface area (Å²) in [6, 6.07) is 11.2. The summed E-state index contributed by atoms with van der Waals surface area (Å²) in [5.41, 5.74) is 2.38. The van der Waals surface area contributed by atoms with Crippen LogP contribution in [0.1, 0.15) is 38.8 Å². The molecule has 0 N–H and O–H groups in total. The number of benzene rings is 2. The largest absolute Gasteiger partial charge is 0.497 e. The number of nitrogens with zero attached hydrogens (tertiary/aromatic N) is 1. The molecule has 36 heavy (non-hydrogen) atoms. The average Bonchev–Trinajstić information content (AvgIpc) is 2.88. The molecule has 0 aliphatic heterocycles. The molecule has 3 aromatic rings. The van der Waals surface area contributed by atoms with Crippen molar-refractivity contribution in [2.75, 3.05) is 27.4 Å². The first-order valence-corrected chi connectivity index (χ1v) is 12.1. The lowest BCUT2D eigenvalue weighted by atomic mass is 10.1. The van der Waals surface area contributed by atoms with Gasteiger partial charge in [0.05, 0.1) is 38.0 Å². The molecular formula is C28H35NO7. The second-order valence-corrected chi connectivity index (χ2v) is 8.32. The molecule has 8 nitrogen and oxygen atoms in total. The van der Waals surface area contributed by atoms with Crippen LogP contribution in [0.15, 0.2) is 42.6 Å². The van der Waals surface area contributed by atoms with Gasteiger partial charge in [0.25, 0.3) is 0 Å². The van der Waals surface area contributed by atoms with Gasteiger partial charge < -0.3 is 28.4 Å². The van der Waals surface area contributed by atoms with Crippen LogP contribution >= 0.6 is 0 Å². The molecule has 194 valence electrons. The Morgan fingerprint density at radius 2 is 1.67 bits per heavy atom. The van der Waals surface area contributed by atoms with Gasteiger partial charge in [-0.3, -0.25) is 4.98 Å². The maximum absolute atomic E-state index is 12.4. The van der Waals surface area contributed by atoms with Gasteiger partial charge in [0.1, 0.15) is 29.6 Å². The van der Waals surface area contributed by atoms with E-state index in [0.717, 1.165) is 22.0 Å². The molecule has 1 heterocycles. The predicted molar refractivity (Wildman–Crippen MR) is 137 cm³/mol. The molecule has 0 radical (unpaired) electrons. The lowest BCUT2D eigenvalue weighted by molar-refractivity contribution is -0.156. The van der Waals surface area contributed by atoms with Gasteiger partial charge in [0.2, 0.25) is 0 Å². The third kappa shape index (κ3) is 6.79. The van der Waals surface area contributed by atoms with Crippen LogP contribution in [0.2, 0.25) is 0 Å². The van der Waals surface area contributed by atoms with Gasteiger partial charge in [-0.25, -0.2) is 4.79 Å². The van der Waals surface area contributed by atoms with Crippen LogP contribution in [0.25, 0.3) is 10.9 Å². The Hall–Kier alpha value is -3.52. The summed E-state index contributed by atoms with van der Waals surface area (Å²) in [4.78, 5) is 17.0. The predicted octanol–water partition coefficient (Wildman–Crippen LogP) is 5.13. The molecule has 0 bridgehead atoms. The first kappa shape index (κ1) is 27.1. The highest BCUT2D eigenvalue weighted by molar-refractivity contribution is 5.87. The van der Waals surface area contributed by atoms with Crippen molar-refractivity contribution in [2.45, 2.75) is 52.9 Å². The number of pyridine rings is 1. The number of hydrogen-bond donors (Lipinski definition) is 0. The molecular weight excluding hydrogens is 462 g/mol. The number of esters is 1. The van der Waals surface area contributed by atoms with Gasteiger partial charge in [-0.05, 0) is 57.5 Å². The number of methoxy groups -OCH3 is 2. The van der Waals surface area contributed by atoms with Crippen molar-refractivity contribution in [1.82, 2.24) is 4.98 Å². The van der Waals surface area contributed by atoms with Crippen LogP contribution in [-0.4, -0.2) is 50.6 Å². The maximum Gasteiger partial charge on any atom is 0.335 e. The monoisotopic (exact) mass is 497 g/mol. The van der Waals surface area contributed by atoms with Crippen LogP contribution in [0.3, 0.4) is 0 Å². The summed E-state index contributed by atoms with van der Waals surface area (Å²) in [5.74, 6) is 2.22. The van der Waals surface area contributed by atoms with Crippen LogP contribution in [0.4, 0.5) is 0 Å². The van der Waals surface area contributed by atoms with Crippen LogP contribution in [0.5, 0.6) is 23.0 Å². The quantitative estimate of drug-likeness (QED) is 0.301. The number of rotatable bonds is 13. The summed E-state index contributed by atoms with van der Waals surface area (Å²) in [6.45, 7) is 8.43. The highest BCUT2D eigenvalue weighted by Gasteiger charge is 2.23. The van der Waals surface area contributed by atoms with Gasteiger partial charge in [-0.15, -0.1) is 0 Å². The minimum atomic E-state index is -0.736. The van der Waals surface area contributed by atoms with Crippen LogP contribution in [0, 0.1) is 0 Å². The third-order valence-corrected chi connectivity index (χ3v) is 5.43. The highest BCUT2D eigenvalue weighted by atomic mass is 16.6. The number of fused-ring (bicyclic) bond motifs is 1. The fraction of sp³-hybridized carbons (Fsp3) is 0.429. The lowest BCUT2D eigenvalue weighted by Gasteiger charge is -2.20. The summed E-state index contributed by atoms with van der Waals surface area (Å²) in [6.07, 6.45) is 1.27. The van der Waals surface area contributed by atoms with E-state index in [2.05, 4.69) is 4.98 Å². The van der Waals surface area contributed by atoms with E-state index in [0.29, 0.717) is 36.0 Å². The van der Waals surface area contributed by atoms with E-state index in [1.807, 2.05) is 51.1 Å². The fourth-order valence-electron chi connectivity index (χ4n) is 3.76. The van der Waals surface area contributed by atoms with E-state index in [-0.39, 0.29) is 19.3 Å². The number of carbonyl (C=O) groups is 1. The molecule has 0 saturated carbocycles. The summed E-state index contributed by atoms with van der Waals surface area (Å²) in [5, 5.41) is 0.841. The van der Waals surface area contributed by atoms with E-state index in [1.165, 1.54) is 0 Å². The Labute approximate surface area is 212 Å². The molecule has 0 aliphatic rings. The topological polar surface area (TPSA) is 85.3 Å². The normalized spacial score (nSPS) is 11.9. The van der Waals surface area contributed by atoms with Gasteiger partial charge >= 0.3 is 5.97 Å². The SMILES string of the molecule is CCOC(=O)C(Cc1ccc(OC)cc1OCc1cnc2ccc(OC)cc2c1OC(C)C)OCC. The zero-order valence-corrected chi connectivity index (χ0v) is 21.8. The number of aromatic nitrogens is 1. The zero-order valence-electron chi connectivity index (χ0n) is 21.8. The molecule has 8 heteroatoms. The Morgan fingerprint density at radius 1 is 0.944 bits per heavy atom. The smallest absolute Gasteiger partial charge is 0.335 e. The molecule has 0 fully saturated rings. The molecule has 0 aliphatic carbocycles. The molecule has 1 atom stereocenters. The molecule has 0 spiro atoms. The lowest BCUT2D eigenvalue weighted by Crippen LogP contribution is -2.29. The summed E-state index contributed by atoms with van der Waals surface area (Å²) in [7, 11) is 3.22. The Morgan fingerprint density at radius 3 is 2.33 bits per heavy atom. The van der Waals surface area contributed by atoms with Crippen molar-refractivity contribution in [3.8, 4) is 23.0 Å². The molecule has 3 rings (SSSR count). The first-order chi connectivity index (χ1) is 17.4. The van der Waals surface area contributed by atoms with Gasteiger partial charge in [-0.1, -0.05) is 6.07 Å². The standard InChI is InChI=1S/C28H35NO7/c1-7-33-26(28(30)34-8-2)13-19-9-10-22(32-6)15-25(19)35-17-20-16-29-24-12-11-21(31-5)14-23(24)27(20)36-18(3)4/h9-12,14-16,18,26H,7-8,13,17H2,1-6H3. The fourth-order valence-corrected chi connectivity index (χ4v) is 3.76. The summed E-state index contributed by atoms with van der Waals surface area (Å²) < 4.78 is 34.1. The Bertz CT molecular complexity index is 1160. The van der Waals surface area contributed by atoms with Crippen molar-refractivity contribution >= 4 is 16.9 Å². The number of ether oxygens (including phenoxy) is 6. The minimum Gasteiger partial charge on any atom is -0.497 e. The van der Waals surface area contributed by atoms with E-state index >= 15 is 0 Å². The maximum atomic E-state index is 12.4. The number of carbonyl (C=O) groups excluding carboxylic acids is 1.